The number of aromatic amines is 1. The monoisotopic (exact) mass is 295 g/mol. The lowest BCUT2D eigenvalue weighted by molar-refractivity contribution is 0.210. The van der Waals surface area contributed by atoms with Gasteiger partial charge in [0, 0.05) is 11.1 Å². The number of nitrogens with one attached hydrogen (secondary N) is 1. The van der Waals surface area contributed by atoms with E-state index in [9.17, 15) is 0 Å². The second-order valence-electron chi connectivity index (χ2n) is 4.71. The van der Waals surface area contributed by atoms with Gasteiger partial charge in [0.15, 0.2) is 16.7 Å². The zero-order chi connectivity index (χ0) is 13.4. The van der Waals surface area contributed by atoms with E-state index in [4.69, 9.17) is 28.6 Å². The van der Waals surface area contributed by atoms with Crippen molar-refractivity contribution in [2.24, 2.45) is 0 Å². The fraction of sp³-hybridized carbons (Fsp3) is 0.385. The van der Waals surface area contributed by atoms with Crippen LogP contribution in [0.2, 0.25) is 5.02 Å². The molecule has 100 valence electrons. The molecule has 1 aromatic carbocycles. The summed E-state index contributed by atoms with van der Waals surface area (Å²) in [5.41, 5.74) is 0. The molecule has 0 aliphatic heterocycles. The molecule has 1 unspecified atom stereocenters. The van der Waals surface area contributed by atoms with Crippen molar-refractivity contribution in [3.8, 4) is 5.75 Å². The number of benzene rings is 1. The second-order valence-corrected chi connectivity index (χ2v) is 5.53. The predicted octanol–water partition coefficient (Wildman–Crippen LogP) is 4.07. The van der Waals surface area contributed by atoms with E-state index >= 15 is 0 Å². The van der Waals surface area contributed by atoms with E-state index in [1.165, 1.54) is 0 Å². The van der Waals surface area contributed by atoms with Crippen LogP contribution in [0.4, 0.5) is 0 Å². The van der Waals surface area contributed by atoms with Crippen molar-refractivity contribution >= 4 is 23.8 Å². The minimum atomic E-state index is -0.174. The molecule has 1 heterocycles. The molecule has 0 amide bonds. The summed E-state index contributed by atoms with van der Waals surface area (Å²) in [6, 6.07) is 7.83. The average Bonchev–Trinajstić information content (AvgIpc) is 3.12. The molecule has 1 saturated carbocycles. The van der Waals surface area contributed by atoms with Crippen LogP contribution in [0.1, 0.15) is 37.7 Å². The van der Waals surface area contributed by atoms with Gasteiger partial charge in [-0.05, 0) is 50.2 Å². The lowest BCUT2D eigenvalue weighted by atomic mass is 10.3. The number of hydrogen-bond acceptors (Lipinski definition) is 3. The average molecular weight is 296 g/mol. The number of rotatable bonds is 4. The van der Waals surface area contributed by atoms with Crippen LogP contribution in [0.3, 0.4) is 0 Å². The predicted molar refractivity (Wildman–Crippen MR) is 76.2 cm³/mol. The number of nitrogens with zero attached hydrogens (tertiary/aromatic N) is 2. The molecule has 1 aliphatic rings. The van der Waals surface area contributed by atoms with Gasteiger partial charge in [-0.2, -0.15) is 5.10 Å². The van der Waals surface area contributed by atoms with E-state index in [1.807, 2.05) is 25.1 Å². The van der Waals surface area contributed by atoms with Crippen molar-refractivity contribution < 1.29 is 4.74 Å². The second kappa shape index (κ2) is 4.98. The smallest absolute Gasteiger partial charge is 0.195 e. The van der Waals surface area contributed by atoms with Crippen LogP contribution >= 0.6 is 23.8 Å². The molecule has 1 aliphatic carbocycles. The van der Waals surface area contributed by atoms with Gasteiger partial charge in [-0.25, -0.2) is 0 Å². The Morgan fingerprint density at radius 3 is 3.00 bits per heavy atom. The maximum atomic E-state index is 5.95. The van der Waals surface area contributed by atoms with Crippen LogP contribution in [-0.2, 0) is 0 Å². The normalized spacial score (nSPS) is 16.3. The summed E-state index contributed by atoms with van der Waals surface area (Å²) in [7, 11) is 0. The molecule has 6 heteroatoms. The Bertz CT molecular complexity index is 647. The van der Waals surface area contributed by atoms with E-state index in [0.717, 1.165) is 24.4 Å². The molecule has 0 spiro atoms. The Hall–Kier alpha value is -1.33. The van der Waals surface area contributed by atoms with Crippen molar-refractivity contribution in [1.29, 1.82) is 0 Å². The fourth-order valence-corrected chi connectivity index (χ4v) is 2.55. The molecule has 0 radical (unpaired) electrons. The zero-order valence-electron chi connectivity index (χ0n) is 10.5. The molecule has 1 fully saturated rings. The van der Waals surface area contributed by atoms with Crippen molar-refractivity contribution in [3.05, 3.63) is 39.9 Å². The summed E-state index contributed by atoms with van der Waals surface area (Å²) in [6.07, 6.45) is 2.14. The first-order chi connectivity index (χ1) is 9.15. The molecule has 3 rings (SSSR count). The Morgan fingerprint density at radius 1 is 1.53 bits per heavy atom. The SMILES string of the molecule is CC(Oc1cccc(Cl)c1)c1n[nH]c(=S)n1C1CC1. The Labute approximate surface area is 121 Å². The minimum Gasteiger partial charge on any atom is -0.483 e. The maximum absolute atomic E-state index is 5.95. The summed E-state index contributed by atoms with van der Waals surface area (Å²) in [6.45, 7) is 1.96. The quantitative estimate of drug-likeness (QED) is 0.865. The highest BCUT2D eigenvalue weighted by Gasteiger charge is 2.29. The van der Waals surface area contributed by atoms with Crippen molar-refractivity contribution in [2.45, 2.75) is 31.9 Å². The Morgan fingerprint density at radius 2 is 2.32 bits per heavy atom. The fourth-order valence-electron chi connectivity index (χ4n) is 2.09. The Kier molecular flexibility index (Phi) is 3.33. The summed E-state index contributed by atoms with van der Waals surface area (Å²) in [4.78, 5) is 0. The molecule has 1 aromatic heterocycles. The number of ether oxygens (including phenoxy) is 1. The molecule has 4 nitrogen and oxygen atoms in total. The van der Waals surface area contributed by atoms with Gasteiger partial charge < -0.3 is 4.74 Å². The van der Waals surface area contributed by atoms with Gasteiger partial charge in [0.05, 0.1) is 0 Å². The van der Waals surface area contributed by atoms with Gasteiger partial charge >= 0.3 is 0 Å². The van der Waals surface area contributed by atoms with Crippen LogP contribution < -0.4 is 4.74 Å². The van der Waals surface area contributed by atoms with Gasteiger partial charge in [-0.3, -0.25) is 9.67 Å². The third kappa shape index (κ3) is 2.67. The van der Waals surface area contributed by atoms with Crippen LogP contribution in [0.15, 0.2) is 24.3 Å². The zero-order valence-corrected chi connectivity index (χ0v) is 12.0. The standard InChI is InChI=1S/C13H14ClN3OS/c1-8(18-11-4-2-3-9(14)7-11)12-15-16-13(19)17(12)10-5-6-10/h2-4,7-8,10H,5-6H2,1H3,(H,16,19). The van der Waals surface area contributed by atoms with Crippen LogP contribution in [0, 0.1) is 4.77 Å². The van der Waals surface area contributed by atoms with Gasteiger partial charge in [-0.1, -0.05) is 17.7 Å². The molecule has 2 aromatic rings. The number of aromatic nitrogens is 3. The van der Waals surface area contributed by atoms with E-state index < -0.39 is 0 Å². The van der Waals surface area contributed by atoms with Crippen molar-refractivity contribution in [2.75, 3.05) is 0 Å². The van der Waals surface area contributed by atoms with E-state index in [0.29, 0.717) is 15.8 Å². The molecule has 0 saturated heterocycles. The highest BCUT2D eigenvalue weighted by atomic mass is 35.5. The lowest BCUT2D eigenvalue weighted by Gasteiger charge is -2.15. The highest BCUT2D eigenvalue weighted by molar-refractivity contribution is 7.71. The Balaban J connectivity index is 1.84. The number of H-pyrrole nitrogens is 1. The van der Waals surface area contributed by atoms with Gasteiger partial charge in [0.1, 0.15) is 5.75 Å². The largest absolute Gasteiger partial charge is 0.483 e. The lowest BCUT2D eigenvalue weighted by Crippen LogP contribution is -2.11. The summed E-state index contributed by atoms with van der Waals surface area (Å²) >= 11 is 11.2. The number of halogens is 1. The summed E-state index contributed by atoms with van der Waals surface area (Å²) in [5, 5.41) is 7.79. The van der Waals surface area contributed by atoms with E-state index in [1.54, 1.807) is 6.07 Å². The van der Waals surface area contributed by atoms with Crippen LogP contribution in [-0.4, -0.2) is 14.8 Å². The molecule has 1 N–H and O–H groups in total. The maximum Gasteiger partial charge on any atom is 0.195 e. The van der Waals surface area contributed by atoms with E-state index in [2.05, 4.69) is 14.8 Å². The summed E-state index contributed by atoms with van der Waals surface area (Å²) < 4.78 is 8.60. The van der Waals surface area contributed by atoms with E-state index in [-0.39, 0.29) is 6.10 Å². The molecular weight excluding hydrogens is 282 g/mol. The summed E-state index contributed by atoms with van der Waals surface area (Å²) in [5.74, 6) is 1.57. The van der Waals surface area contributed by atoms with Crippen LogP contribution in [0.5, 0.6) is 5.75 Å². The molecular formula is C13H14ClN3OS. The van der Waals surface area contributed by atoms with Gasteiger partial charge in [-0.15, -0.1) is 0 Å². The van der Waals surface area contributed by atoms with Gasteiger partial charge in [0.2, 0.25) is 0 Å². The van der Waals surface area contributed by atoms with Crippen molar-refractivity contribution in [1.82, 2.24) is 14.8 Å². The van der Waals surface area contributed by atoms with Gasteiger partial charge in [0.25, 0.3) is 0 Å². The third-order valence-corrected chi connectivity index (χ3v) is 3.64. The van der Waals surface area contributed by atoms with Crippen LogP contribution in [0.25, 0.3) is 0 Å². The highest BCUT2D eigenvalue weighted by Crippen LogP contribution is 2.37. The molecule has 0 bridgehead atoms. The molecule has 1 atom stereocenters. The minimum absolute atomic E-state index is 0.174. The number of hydrogen-bond donors (Lipinski definition) is 1. The first kappa shape index (κ1) is 12.7. The first-order valence-electron chi connectivity index (χ1n) is 6.24. The topological polar surface area (TPSA) is 42.8 Å². The third-order valence-electron chi connectivity index (χ3n) is 3.12. The van der Waals surface area contributed by atoms with Crippen molar-refractivity contribution in [3.63, 3.8) is 0 Å². The molecule has 19 heavy (non-hydrogen) atoms. The first-order valence-corrected chi connectivity index (χ1v) is 7.03.